The van der Waals surface area contributed by atoms with Crippen LogP contribution in [0.5, 0.6) is 0 Å². The molecule has 2 N–H and O–H groups in total. The Morgan fingerprint density at radius 3 is 2.55 bits per heavy atom. The van der Waals surface area contributed by atoms with Crippen LogP contribution in [0.1, 0.15) is 63.3 Å². The molecule has 1 aromatic rings. The van der Waals surface area contributed by atoms with Crippen LogP contribution >= 0.6 is 11.3 Å². The summed E-state index contributed by atoms with van der Waals surface area (Å²) in [5.41, 5.74) is 6.43. The predicted molar refractivity (Wildman–Crippen MR) is 85.0 cm³/mol. The summed E-state index contributed by atoms with van der Waals surface area (Å²) in [7, 11) is 0. The van der Waals surface area contributed by atoms with Crippen molar-refractivity contribution >= 4 is 17.3 Å². The maximum Gasteiger partial charge on any atom is 0.306 e. The van der Waals surface area contributed by atoms with Crippen molar-refractivity contribution in [3.8, 4) is 0 Å². The zero-order valence-corrected chi connectivity index (χ0v) is 14.0. The van der Waals surface area contributed by atoms with Gasteiger partial charge in [-0.25, -0.2) is 0 Å². The maximum atomic E-state index is 11.4. The van der Waals surface area contributed by atoms with Gasteiger partial charge in [0.25, 0.3) is 0 Å². The van der Waals surface area contributed by atoms with Crippen LogP contribution in [0, 0.1) is 5.92 Å². The van der Waals surface area contributed by atoms with E-state index < -0.39 is 0 Å². The topological polar surface area (TPSA) is 52.3 Å². The second kappa shape index (κ2) is 7.23. The van der Waals surface area contributed by atoms with E-state index in [4.69, 9.17) is 10.5 Å². The second-order valence-electron chi connectivity index (χ2n) is 6.41. The lowest BCUT2D eigenvalue weighted by atomic mass is 9.94. The highest BCUT2D eigenvalue weighted by molar-refractivity contribution is 7.12. The molecule has 0 aliphatic rings. The van der Waals surface area contributed by atoms with E-state index in [2.05, 4.69) is 39.8 Å². The summed E-state index contributed by atoms with van der Waals surface area (Å²) in [5.74, 6) is 0.109. The van der Waals surface area contributed by atoms with E-state index in [0.29, 0.717) is 13.0 Å². The number of rotatable bonds is 6. The number of thiophene rings is 1. The maximum absolute atomic E-state index is 11.4. The van der Waals surface area contributed by atoms with Gasteiger partial charge >= 0.3 is 5.97 Å². The van der Waals surface area contributed by atoms with Gasteiger partial charge in [-0.2, -0.15) is 0 Å². The standard InChI is InChI=1S/C16H27NO2S/c1-6-19-15(18)10-11(2)9-12(17)13-7-8-14(20-13)16(3,4)5/h7-8,11-12H,6,9-10,17H2,1-5H3. The molecular weight excluding hydrogens is 270 g/mol. The van der Waals surface area contributed by atoms with Gasteiger partial charge in [-0.05, 0) is 36.8 Å². The van der Waals surface area contributed by atoms with E-state index >= 15 is 0 Å². The molecule has 0 aliphatic heterocycles. The van der Waals surface area contributed by atoms with Crippen molar-refractivity contribution < 1.29 is 9.53 Å². The zero-order valence-electron chi connectivity index (χ0n) is 13.2. The van der Waals surface area contributed by atoms with Crippen molar-refractivity contribution in [3.63, 3.8) is 0 Å². The SMILES string of the molecule is CCOC(=O)CC(C)CC(N)c1ccc(C(C)(C)C)s1. The highest BCUT2D eigenvalue weighted by Crippen LogP contribution is 2.33. The van der Waals surface area contributed by atoms with E-state index in [1.807, 2.05) is 6.92 Å². The van der Waals surface area contributed by atoms with Gasteiger partial charge in [0.15, 0.2) is 0 Å². The molecule has 2 atom stereocenters. The molecule has 1 heterocycles. The number of ether oxygens (including phenoxy) is 1. The molecule has 4 heteroatoms. The van der Waals surface area contributed by atoms with E-state index in [0.717, 1.165) is 6.42 Å². The van der Waals surface area contributed by atoms with E-state index in [1.54, 1.807) is 11.3 Å². The summed E-state index contributed by atoms with van der Waals surface area (Å²) in [6.45, 7) is 10.9. The number of carbonyl (C=O) groups is 1. The first kappa shape index (κ1) is 17.2. The van der Waals surface area contributed by atoms with E-state index in [-0.39, 0.29) is 23.3 Å². The lowest BCUT2D eigenvalue weighted by Crippen LogP contribution is -2.16. The molecule has 0 aromatic carbocycles. The summed E-state index contributed by atoms with van der Waals surface area (Å²) < 4.78 is 4.97. The summed E-state index contributed by atoms with van der Waals surface area (Å²) >= 11 is 1.78. The van der Waals surface area contributed by atoms with E-state index in [9.17, 15) is 4.79 Å². The smallest absolute Gasteiger partial charge is 0.306 e. The average Bonchev–Trinajstić information content (AvgIpc) is 2.77. The number of hydrogen-bond acceptors (Lipinski definition) is 4. The van der Waals surface area contributed by atoms with Gasteiger partial charge in [0.05, 0.1) is 6.61 Å². The van der Waals surface area contributed by atoms with Crippen molar-refractivity contribution in [1.29, 1.82) is 0 Å². The third kappa shape index (κ3) is 5.25. The number of carbonyl (C=O) groups excluding carboxylic acids is 1. The van der Waals surface area contributed by atoms with Gasteiger partial charge in [0.2, 0.25) is 0 Å². The molecule has 0 spiro atoms. The van der Waals surface area contributed by atoms with Crippen LogP contribution in [-0.4, -0.2) is 12.6 Å². The third-order valence-corrected chi connectivity index (χ3v) is 4.85. The normalized spacial score (nSPS) is 14.9. The Morgan fingerprint density at radius 1 is 1.40 bits per heavy atom. The van der Waals surface area contributed by atoms with Crippen LogP contribution in [0.25, 0.3) is 0 Å². The van der Waals surface area contributed by atoms with Crippen molar-refractivity contribution in [1.82, 2.24) is 0 Å². The monoisotopic (exact) mass is 297 g/mol. The molecule has 1 aromatic heterocycles. The predicted octanol–water partition coefficient (Wildman–Crippen LogP) is 4.02. The molecule has 0 aliphatic carbocycles. The minimum atomic E-state index is -0.131. The van der Waals surface area contributed by atoms with Crippen LogP contribution in [0.2, 0.25) is 0 Å². The number of hydrogen-bond donors (Lipinski definition) is 1. The van der Waals surface area contributed by atoms with Gasteiger partial charge in [-0.1, -0.05) is 27.7 Å². The number of nitrogens with two attached hydrogens (primary N) is 1. The van der Waals surface area contributed by atoms with E-state index in [1.165, 1.54) is 9.75 Å². The summed E-state index contributed by atoms with van der Waals surface area (Å²) in [4.78, 5) is 14.0. The van der Waals surface area contributed by atoms with Crippen molar-refractivity contribution in [2.24, 2.45) is 11.7 Å². The third-order valence-electron chi connectivity index (χ3n) is 3.21. The quantitative estimate of drug-likeness (QED) is 0.807. The first-order valence-electron chi connectivity index (χ1n) is 7.25. The highest BCUT2D eigenvalue weighted by atomic mass is 32.1. The Balaban J connectivity index is 2.56. The number of esters is 1. The van der Waals surface area contributed by atoms with Crippen molar-refractivity contribution in [3.05, 3.63) is 21.9 Å². The Morgan fingerprint density at radius 2 is 2.05 bits per heavy atom. The fourth-order valence-corrected chi connectivity index (χ4v) is 3.17. The lowest BCUT2D eigenvalue weighted by molar-refractivity contribution is -0.144. The largest absolute Gasteiger partial charge is 0.466 e. The van der Waals surface area contributed by atoms with Crippen LogP contribution in [-0.2, 0) is 14.9 Å². The van der Waals surface area contributed by atoms with Gasteiger partial charge in [0, 0.05) is 22.2 Å². The molecule has 114 valence electrons. The van der Waals surface area contributed by atoms with Crippen LogP contribution < -0.4 is 5.73 Å². The molecule has 0 radical (unpaired) electrons. The fourth-order valence-electron chi connectivity index (χ4n) is 2.09. The first-order valence-corrected chi connectivity index (χ1v) is 8.07. The Hall–Kier alpha value is -0.870. The molecule has 0 amide bonds. The highest BCUT2D eigenvalue weighted by Gasteiger charge is 2.20. The molecule has 2 unspecified atom stereocenters. The van der Waals surface area contributed by atoms with Crippen molar-refractivity contribution in [2.75, 3.05) is 6.61 Å². The lowest BCUT2D eigenvalue weighted by Gasteiger charge is -2.17. The molecule has 0 fully saturated rings. The van der Waals surface area contributed by atoms with Gasteiger partial charge in [-0.15, -0.1) is 11.3 Å². The van der Waals surface area contributed by atoms with Gasteiger partial charge in [0.1, 0.15) is 0 Å². The summed E-state index contributed by atoms with van der Waals surface area (Å²) in [6, 6.07) is 4.28. The Bertz CT molecular complexity index is 434. The van der Waals surface area contributed by atoms with Crippen molar-refractivity contribution in [2.45, 2.75) is 58.9 Å². The van der Waals surface area contributed by atoms with Crippen LogP contribution in [0.4, 0.5) is 0 Å². The average molecular weight is 297 g/mol. The molecule has 0 saturated carbocycles. The Labute approximate surface area is 126 Å². The molecule has 0 bridgehead atoms. The molecule has 20 heavy (non-hydrogen) atoms. The summed E-state index contributed by atoms with van der Waals surface area (Å²) in [6.07, 6.45) is 1.25. The Kier molecular flexibility index (Phi) is 6.21. The van der Waals surface area contributed by atoms with Gasteiger partial charge < -0.3 is 10.5 Å². The molecule has 1 rings (SSSR count). The summed E-state index contributed by atoms with van der Waals surface area (Å²) in [5, 5.41) is 0. The molecule has 0 saturated heterocycles. The van der Waals surface area contributed by atoms with Gasteiger partial charge in [-0.3, -0.25) is 4.79 Å². The minimum absolute atomic E-state index is 0.000488. The van der Waals surface area contributed by atoms with Crippen LogP contribution in [0.15, 0.2) is 12.1 Å². The fraction of sp³-hybridized carbons (Fsp3) is 0.688. The second-order valence-corrected chi connectivity index (χ2v) is 7.52. The minimum Gasteiger partial charge on any atom is -0.466 e. The van der Waals surface area contributed by atoms with Crippen LogP contribution in [0.3, 0.4) is 0 Å². The molecular formula is C16H27NO2S. The molecule has 3 nitrogen and oxygen atoms in total. The first-order chi connectivity index (χ1) is 9.24. The zero-order chi connectivity index (χ0) is 15.3.